The lowest BCUT2D eigenvalue weighted by atomic mass is 9.85. The highest BCUT2D eigenvalue weighted by atomic mass is 79.9. The largest absolute Gasteiger partial charge is 0.256 e. The smallest absolute Gasteiger partial charge is 0.193 e. The second-order valence-corrected chi connectivity index (χ2v) is 7.04. The molecular weight excluding hydrogens is 410 g/mol. The second-order valence-electron chi connectivity index (χ2n) is 6.33. The van der Waals surface area contributed by atoms with Gasteiger partial charge >= 0.3 is 0 Å². The minimum Gasteiger partial charge on any atom is -0.256 e. The SMILES string of the molecule is BrC1=NC(c2ccccc2)(c2ccccc2)C=N1.c1ccc2ncccc2c1. The molecule has 3 aromatic carbocycles. The number of benzene rings is 3. The molecule has 0 unspecified atom stereocenters. The summed E-state index contributed by atoms with van der Waals surface area (Å²) < 4.78 is 0.634. The van der Waals surface area contributed by atoms with Crippen LogP contribution in [0.2, 0.25) is 0 Å². The van der Waals surface area contributed by atoms with E-state index >= 15 is 0 Å². The molecule has 0 atom stereocenters. The Morgan fingerprint density at radius 3 is 1.79 bits per heavy atom. The van der Waals surface area contributed by atoms with Gasteiger partial charge in [0, 0.05) is 17.8 Å². The number of hydrogen-bond acceptors (Lipinski definition) is 3. The van der Waals surface area contributed by atoms with Gasteiger partial charge in [0.2, 0.25) is 0 Å². The van der Waals surface area contributed by atoms with Gasteiger partial charge < -0.3 is 0 Å². The van der Waals surface area contributed by atoms with E-state index in [1.54, 1.807) is 0 Å². The van der Waals surface area contributed by atoms with E-state index in [0.717, 1.165) is 16.6 Å². The Labute approximate surface area is 172 Å². The van der Waals surface area contributed by atoms with Crippen LogP contribution < -0.4 is 0 Å². The third-order valence-electron chi connectivity index (χ3n) is 4.57. The molecule has 0 radical (unpaired) electrons. The van der Waals surface area contributed by atoms with Gasteiger partial charge in [-0.2, -0.15) is 0 Å². The van der Waals surface area contributed by atoms with E-state index in [1.807, 2.05) is 73.1 Å². The van der Waals surface area contributed by atoms with Crippen molar-refractivity contribution in [2.24, 2.45) is 9.98 Å². The fourth-order valence-electron chi connectivity index (χ4n) is 3.20. The molecule has 0 spiro atoms. The molecule has 0 saturated carbocycles. The average molecular weight is 428 g/mol. The molecule has 0 saturated heterocycles. The first kappa shape index (κ1) is 18.3. The number of hydrogen-bond donors (Lipinski definition) is 0. The Hall–Kier alpha value is -3.11. The quantitative estimate of drug-likeness (QED) is 0.361. The van der Waals surface area contributed by atoms with Gasteiger partial charge in [0.05, 0.1) is 5.52 Å². The molecule has 4 heteroatoms. The average Bonchev–Trinajstić information content (AvgIpc) is 3.18. The van der Waals surface area contributed by atoms with E-state index in [9.17, 15) is 0 Å². The first-order valence-corrected chi connectivity index (χ1v) is 9.79. The van der Waals surface area contributed by atoms with Crippen LogP contribution in [0, 0.1) is 0 Å². The van der Waals surface area contributed by atoms with E-state index in [2.05, 4.69) is 67.3 Å². The Bertz CT molecular complexity index is 1020. The summed E-state index contributed by atoms with van der Waals surface area (Å²) in [6, 6.07) is 32.5. The lowest BCUT2D eigenvalue weighted by molar-refractivity contribution is 0.764. The summed E-state index contributed by atoms with van der Waals surface area (Å²) in [4.78, 5) is 13.1. The molecule has 28 heavy (non-hydrogen) atoms. The predicted molar refractivity (Wildman–Crippen MR) is 120 cm³/mol. The van der Waals surface area contributed by atoms with Crippen molar-refractivity contribution in [2.45, 2.75) is 5.54 Å². The van der Waals surface area contributed by atoms with E-state index in [0.29, 0.717) is 4.74 Å². The Morgan fingerprint density at radius 2 is 1.21 bits per heavy atom. The summed E-state index contributed by atoms with van der Waals surface area (Å²) in [5, 5.41) is 1.20. The van der Waals surface area contributed by atoms with Crippen LogP contribution in [0.3, 0.4) is 0 Å². The van der Waals surface area contributed by atoms with Gasteiger partial charge in [-0.3, -0.25) is 4.98 Å². The molecule has 0 fully saturated rings. The van der Waals surface area contributed by atoms with Crippen molar-refractivity contribution in [3.63, 3.8) is 0 Å². The van der Waals surface area contributed by atoms with Gasteiger partial charge in [0.25, 0.3) is 0 Å². The van der Waals surface area contributed by atoms with E-state index < -0.39 is 5.54 Å². The first-order valence-electron chi connectivity index (χ1n) is 8.99. The molecule has 3 nitrogen and oxygen atoms in total. The standard InChI is InChI=1S/C15H11BrN2.C9H7N/c16-14-17-11-15(18-14,12-7-3-1-4-8-12)13-9-5-2-6-10-13;1-2-6-9-8(4-1)5-3-7-10-9/h1-11H;1-7H. The molecule has 1 aliphatic rings. The van der Waals surface area contributed by atoms with Gasteiger partial charge in [-0.25, -0.2) is 9.98 Å². The molecular formula is C24H18BrN3. The number of fused-ring (bicyclic) bond motifs is 1. The highest BCUT2D eigenvalue weighted by molar-refractivity contribution is 9.18. The number of para-hydroxylation sites is 1. The number of rotatable bonds is 2. The van der Waals surface area contributed by atoms with Crippen LogP contribution in [0.1, 0.15) is 11.1 Å². The molecule has 1 aliphatic heterocycles. The van der Waals surface area contributed by atoms with Crippen molar-refractivity contribution in [1.82, 2.24) is 4.98 Å². The molecule has 0 aliphatic carbocycles. The number of amidine groups is 1. The summed E-state index contributed by atoms with van der Waals surface area (Å²) in [5.41, 5.74) is 2.80. The predicted octanol–water partition coefficient (Wildman–Crippen LogP) is 6.00. The summed E-state index contributed by atoms with van der Waals surface area (Å²) in [7, 11) is 0. The normalized spacial score (nSPS) is 14.2. The topological polar surface area (TPSA) is 37.6 Å². The maximum Gasteiger partial charge on any atom is 0.193 e. The van der Waals surface area contributed by atoms with Crippen LogP contribution >= 0.6 is 15.9 Å². The van der Waals surface area contributed by atoms with Crippen molar-refractivity contribution >= 4 is 37.8 Å². The Morgan fingerprint density at radius 1 is 0.643 bits per heavy atom. The molecule has 0 N–H and O–H groups in total. The van der Waals surface area contributed by atoms with Crippen molar-refractivity contribution in [2.75, 3.05) is 0 Å². The van der Waals surface area contributed by atoms with Crippen LogP contribution in [0.4, 0.5) is 0 Å². The maximum atomic E-state index is 4.67. The third kappa shape index (κ3) is 3.78. The van der Waals surface area contributed by atoms with Gasteiger partial charge in [-0.05, 0) is 39.2 Å². The van der Waals surface area contributed by atoms with Crippen LogP contribution in [0.15, 0.2) is 113 Å². The zero-order chi connectivity index (χ0) is 19.2. The summed E-state index contributed by atoms with van der Waals surface area (Å²) >= 11 is 3.36. The maximum absolute atomic E-state index is 4.67. The molecule has 0 bridgehead atoms. The minimum absolute atomic E-state index is 0.499. The molecule has 4 aromatic rings. The molecule has 136 valence electrons. The monoisotopic (exact) mass is 427 g/mol. The fraction of sp³-hybridized carbons (Fsp3) is 0.0417. The molecule has 2 heterocycles. The zero-order valence-corrected chi connectivity index (χ0v) is 16.7. The van der Waals surface area contributed by atoms with Crippen molar-refractivity contribution < 1.29 is 0 Å². The number of aliphatic imine (C=N–C) groups is 2. The summed E-state index contributed by atoms with van der Waals surface area (Å²) in [6.07, 6.45) is 3.70. The van der Waals surface area contributed by atoms with Crippen LogP contribution in [-0.4, -0.2) is 15.9 Å². The van der Waals surface area contributed by atoms with Gasteiger partial charge in [-0.15, -0.1) is 0 Å². The van der Waals surface area contributed by atoms with Crippen LogP contribution in [0.5, 0.6) is 0 Å². The van der Waals surface area contributed by atoms with Gasteiger partial charge in [0.15, 0.2) is 4.74 Å². The van der Waals surface area contributed by atoms with Gasteiger partial charge in [0.1, 0.15) is 5.54 Å². The first-order chi connectivity index (χ1) is 13.8. The Kier molecular flexibility index (Phi) is 5.40. The van der Waals surface area contributed by atoms with E-state index in [-0.39, 0.29) is 0 Å². The van der Waals surface area contributed by atoms with Crippen molar-refractivity contribution in [3.05, 3.63) is 114 Å². The number of halogens is 1. The van der Waals surface area contributed by atoms with Crippen LogP contribution in [0.25, 0.3) is 10.9 Å². The number of pyridine rings is 1. The molecule has 5 rings (SSSR count). The van der Waals surface area contributed by atoms with E-state index in [1.165, 1.54) is 5.39 Å². The van der Waals surface area contributed by atoms with Crippen molar-refractivity contribution in [1.29, 1.82) is 0 Å². The minimum atomic E-state index is -0.499. The highest BCUT2D eigenvalue weighted by Crippen LogP contribution is 2.35. The number of nitrogens with zero attached hydrogens (tertiary/aromatic N) is 3. The fourth-order valence-corrected chi connectivity index (χ4v) is 3.58. The highest BCUT2D eigenvalue weighted by Gasteiger charge is 2.35. The lowest BCUT2D eigenvalue weighted by Gasteiger charge is -2.23. The summed E-state index contributed by atoms with van der Waals surface area (Å²) in [5.74, 6) is 0. The molecule has 1 aromatic heterocycles. The number of aromatic nitrogens is 1. The Balaban J connectivity index is 0.000000162. The third-order valence-corrected chi connectivity index (χ3v) is 4.95. The van der Waals surface area contributed by atoms with Crippen molar-refractivity contribution in [3.8, 4) is 0 Å². The molecule has 0 amide bonds. The lowest BCUT2D eigenvalue weighted by Crippen LogP contribution is -2.25. The summed E-state index contributed by atoms with van der Waals surface area (Å²) in [6.45, 7) is 0. The van der Waals surface area contributed by atoms with Crippen LogP contribution in [-0.2, 0) is 5.54 Å². The zero-order valence-electron chi connectivity index (χ0n) is 15.1. The van der Waals surface area contributed by atoms with E-state index in [4.69, 9.17) is 0 Å². The second kappa shape index (κ2) is 8.28. The van der Waals surface area contributed by atoms with Gasteiger partial charge in [-0.1, -0.05) is 84.9 Å².